The Hall–Kier alpha value is -2.59. The van der Waals surface area contributed by atoms with Crippen LogP contribution >= 0.6 is 11.6 Å². The van der Waals surface area contributed by atoms with Gasteiger partial charge < -0.3 is 5.32 Å². The van der Waals surface area contributed by atoms with E-state index in [1.165, 1.54) is 11.1 Å². The smallest absolute Gasteiger partial charge is 0.168 e. The fraction of sp³-hybridized carbons (Fsp3) is 0.429. The maximum absolute atomic E-state index is 13.7. The normalized spacial score (nSPS) is 17.3. The number of anilines is 1. The van der Waals surface area contributed by atoms with E-state index in [4.69, 9.17) is 11.6 Å². The average Bonchev–Trinajstić information content (AvgIpc) is 3.26. The molecular weight excluding hydrogens is 430 g/mol. The molecule has 0 amide bonds. The number of fused-ring (bicyclic) bond motifs is 1. The van der Waals surface area contributed by atoms with Crippen LogP contribution in [0.1, 0.15) is 80.9 Å². The van der Waals surface area contributed by atoms with E-state index in [0.29, 0.717) is 12.0 Å². The third-order valence-corrected chi connectivity index (χ3v) is 7.64. The molecule has 1 aromatic heterocycles. The molecule has 3 aromatic rings. The molecule has 4 nitrogen and oxygen atoms in total. The van der Waals surface area contributed by atoms with Gasteiger partial charge in [0.15, 0.2) is 5.78 Å². The summed E-state index contributed by atoms with van der Waals surface area (Å²) in [7, 11) is 0. The Morgan fingerprint density at radius 3 is 2.42 bits per heavy atom. The van der Waals surface area contributed by atoms with E-state index in [-0.39, 0.29) is 22.8 Å². The number of carbonyl (C=O) groups excluding carboxylic acids is 1. The first kappa shape index (κ1) is 23.6. The average molecular weight is 464 g/mol. The molecule has 0 saturated carbocycles. The van der Waals surface area contributed by atoms with Gasteiger partial charge in [-0.15, -0.1) is 0 Å². The quantitative estimate of drug-likeness (QED) is 0.353. The summed E-state index contributed by atoms with van der Waals surface area (Å²) in [6, 6.07) is 18.6. The molecule has 1 N–H and O–H groups in total. The molecule has 1 aliphatic rings. The van der Waals surface area contributed by atoms with E-state index in [2.05, 4.69) is 74.5 Å². The van der Waals surface area contributed by atoms with Crippen LogP contribution in [0.3, 0.4) is 0 Å². The van der Waals surface area contributed by atoms with Crippen molar-refractivity contribution in [1.29, 1.82) is 0 Å². The van der Waals surface area contributed by atoms with Crippen molar-refractivity contribution in [3.63, 3.8) is 0 Å². The molecule has 1 unspecified atom stereocenters. The van der Waals surface area contributed by atoms with Crippen LogP contribution in [-0.4, -0.2) is 15.6 Å². The number of benzene rings is 2. The maximum atomic E-state index is 13.7. The first-order chi connectivity index (χ1) is 15.8. The van der Waals surface area contributed by atoms with Crippen LogP contribution in [-0.2, 0) is 12.0 Å². The molecule has 0 saturated heterocycles. The lowest BCUT2D eigenvalue weighted by atomic mass is 9.72. The largest absolute Gasteiger partial charge is 0.363 e. The van der Waals surface area contributed by atoms with Crippen LogP contribution in [0.4, 0.5) is 5.82 Å². The highest BCUT2D eigenvalue weighted by molar-refractivity contribution is 6.30. The standard InChI is InChI=1S/C28H34ClN3O/c1-5-28(6-2,16-20-12-14-22(29)15-13-20)18-25(33)23-19-30-32-26(23)31-24(17-27(32,3)4)21-10-8-7-9-11-21/h7-15,19,24,31H,5-6,16-18H2,1-4H3. The van der Waals surface area contributed by atoms with E-state index in [1.807, 2.05) is 22.9 Å². The molecule has 0 aliphatic carbocycles. The Bertz CT molecular complexity index is 1100. The van der Waals surface area contributed by atoms with Crippen LogP contribution in [0.25, 0.3) is 0 Å². The second kappa shape index (κ2) is 9.34. The number of nitrogens with zero attached hydrogens (tertiary/aromatic N) is 2. The lowest BCUT2D eigenvalue weighted by Gasteiger charge is -2.38. The number of hydrogen-bond acceptors (Lipinski definition) is 3. The van der Waals surface area contributed by atoms with Crippen molar-refractivity contribution in [2.45, 2.75) is 71.4 Å². The van der Waals surface area contributed by atoms with E-state index in [0.717, 1.165) is 36.5 Å². The van der Waals surface area contributed by atoms with Gasteiger partial charge in [-0.3, -0.25) is 4.79 Å². The molecule has 0 spiro atoms. The molecular formula is C28H34ClN3O. The summed E-state index contributed by atoms with van der Waals surface area (Å²) in [5, 5.41) is 9.03. The van der Waals surface area contributed by atoms with Gasteiger partial charge in [0.25, 0.3) is 0 Å². The van der Waals surface area contributed by atoms with E-state index < -0.39 is 0 Å². The Balaban J connectivity index is 1.61. The highest BCUT2D eigenvalue weighted by atomic mass is 35.5. The molecule has 1 aliphatic heterocycles. The Morgan fingerprint density at radius 2 is 1.79 bits per heavy atom. The number of rotatable bonds is 8. The highest BCUT2D eigenvalue weighted by Gasteiger charge is 2.38. The SMILES string of the molecule is CCC(CC)(CC(=O)c1cnn2c1NC(c1ccccc1)CC2(C)C)Cc1ccc(Cl)cc1. The van der Waals surface area contributed by atoms with Gasteiger partial charge in [-0.25, -0.2) is 4.68 Å². The van der Waals surface area contributed by atoms with Crippen molar-refractivity contribution in [2.24, 2.45) is 5.41 Å². The van der Waals surface area contributed by atoms with E-state index in [1.54, 1.807) is 6.20 Å². The van der Waals surface area contributed by atoms with Crippen molar-refractivity contribution < 1.29 is 4.79 Å². The summed E-state index contributed by atoms with van der Waals surface area (Å²) in [5.41, 5.74) is 2.87. The molecule has 2 aromatic carbocycles. The molecule has 0 fully saturated rings. The fourth-order valence-corrected chi connectivity index (χ4v) is 5.25. The number of halogens is 1. The molecule has 33 heavy (non-hydrogen) atoms. The molecule has 0 bridgehead atoms. The van der Waals surface area contributed by atoms with Crippen molar-refractivity contribution in [3.8, 4) is 0 Å². The minimum atomic E-state index is -0.185. The number of ketones is 1. The highest BCUT2D eigenvalue weighted by Crippen LogP contribution is 2.42. The van der Waals surface area contributed by atoms with Crippen molar-refractivity contribution >= 4 is 23.2 Å². The minimum Gasteiger partial charge on any atom is -0.363 e. The summed E-state index contributed by atoms with van der Waals surface area (Å²) in [6.45, 7) is 8.76. The first-order valence-electron chi connectivity index (χ1n) is 11.9. The van der Waals surface area contributed by atoms with Crippen LogP contribution in [0.2, 0.25) is 5.02 Å². The summed E-state index contributed by atoms with van der Waals surface area (Å²) in [5.74, 6) is 1.00. The molecule has 0 radical (unpaired) electrons. The zero-order chi connectivity index (χ0) is 23.6. The molecule has 174 valence electrons. The number of nitrogens with one attached hydrogen (secondary N) is 1. The lowest BCUT2D eigenvalue weighted by molar-refractivity contribution is 0.0897. The van der Waals surface area contributed by atoms with Gasteiger partial charge in [0.2, 0.25) is 0 Å². The van der Waals surface area contributed by atoms with Gasteiger partial charge in [-0.2, -0.15) is 5.10 Å². The second-order valence-electron chi connectivity index (χ2n) is 10.1. The van der Waals surface area contributed by atoms with Gasteiger partial charge in [0.05, 0.1) is 23.3 Å². The Morgan fingerprint density at radius 1 is 1.12 bits per heavy atom. The van der Waals surface area contributed by atoms with E-state index >= 15 is 0 Å². The Labute approximate surface area is 202 Å². The molecule has 4 rings (SSSR count). The predicted molar refractivity (Wildman–Crippen MR) is 136 cm³/mol. The molecule has 1 atom stereocenters. The number of aromatic nitrogens is 2. The van der Waals surface area contributed by atoms with Gasteiger partial charge in [0, 0.05) is 11.4 Å². The van der Waals surface area contributed by atoms with Crippen molar-refractivity contribution in [1.82, 2.24) is 9.78 Å². The predicted octanol–water partition coefficient (Wildman–Crippen LogP) is 7.45. The zero-order valence-electron chi connectivity index (χ0n) is 20.1. The second-order valence-corrected chi connectivity index (χ2v) is 10.5. The van der Waals surface area contributed by atoms with E-state index in [9.17, 15) is 4.79 Å². The number of Topliss-reactive ketones (excluding diaryl/α,β-unsaturated/α-hetero) is 1. The molecule has 2 heterocycles. The zero-order valence-corrected chi connectivity index (χ0v) is 20.8. The molecule has 5 heteroatoms. The summed E-state index contributed by atoms with van der Waals surface area (Å²) < 4.78 is 2.00. The lowest BCUT2D eigenvalue weighted by Crippen LogP contribution is -2.38. The third-order valence-electron chi connectivity index (χ3n) is 7.39. The Kier molecular flexibility index (Phi) is 6.67. The topological polar surface area (TPSA) is 46.9 Å². The van der Waals surface area contributed by atoms with Crippen molar-refractivity contribution in [2.75, 3.05) is 5.32 Å². The van der Waals surface area contributed by atoms with Crippen molar-refractivity contribution in [3.05, 3.63) is 82.5 Å². The minimum absolute atomic E-state index is 0.0945. The van der Waals surface area contributed by atoms with Gasteiger partial charge >= 0.3 is 0 Å². The van der Waals surface area contributed by atoms with Gasteiger partial charge in [-0.1, -0.05) is 67.9 Å². The van der Waals surface area contributed by atoms with Crippen LogP contribution in [0.5, 0.6) is 0 Å². The number of hydrogen-bond donors (Lipinski definition) is 1. The van der Waals surface area contributed by atoms with Gasteiger partial charge in [-0.05, 0) is 68.2 Å². The van der Waals surface area contributed by atoms with Gasteiger partial charge in [0.1, 0.15) is 5.82 Å². The maximum Gasteiger partial charge on any atom is 0.168 e. The summed E-state index contributed by atoms with van der Waals surface area (Å²) >= 11 is 6.08. The van der Waals surface area contributed by atoms with Crippen LogP contribution < -0.4 is 5.32 Å². The summed E-state index contributed by atoms with van der Waals surface area (Å²) in [6.07, 6.45) is 5.90. The number of carbonyl (C=O) groups is 1. The summed E-state index contributed by atoms with van der Waals surface area (Å²) in [4.78, 5) is 13.7. The monoisotopic (exact) mass is 463 g/mol. The third kappa shape index (κ3) is 4.86. The van der Waals surface area contributed by atoms with Crippen LogP contribution in [0, 0.1) is 5.41 Å². The first-order valence-corrected chi connectivity index (χ1v) is 12.3. The van der Waals surface area contributed by atoms with Crippen LogP contribution in [0.15, 0.2) is 60.8 Å². The fourth-order valence-electron chi connectivity index (χ4n) is 5.12.